The number of carbonyl (C=O) groups excluding carboxylic acids is 1. The van der Waals surface area contributed by atoms with Crippen molar-refractivity contribution in [3.8, 4) is 5.69 Å². The van der Waals surface area contributed by atoms with Gasteiger partial charge < -0.3 is 8.98 Å². The molecule has 0 saturated carbocycles. The zero-order valence-corrected chi connectivity index (χ0v) is 18.2. The van der Waals surface area contributed by atoms with Crippen molar-refractivity contribution in [3.05, 3.63) is 91.9 Å². The predicted molar refractivity (Wildman–Crippen MR) is 121 cm³/mol. The number of hydrazone groups is 1. The fourth-order valence-corrected chi connectivity index (χ4v) is 3.76. The van der Waals surface area contributed by atoms with Crippen molar-refractivity contribution < 1.29 is 14.1 Å². The number of rotatable bonds is 5. The number of halogens is 1. The van der Waals surface area contributed by atoms with Gasteiger partial charge in [0.1, 0.15) is 5.58 Å². The number of fused-ring (bicyclic) bond motifs is 1. The Kier molecular flexibility index (Phi) is 5.43. The zero-order valence-electron chi connectivity index (χ0n) is 16.6. The minimum atomic E-state index is -0.451. The van der Waals surface area contributed by atoms with Crippen molar-refractivity contribution in [1.29, 1.82) is 0 Å². The number of carbonyl (C=O) groups is 1. The number of hydrogen-bond donors (Lipinski definition) is 1. The number of nitro benzene ring substituents is 1. The largest absolute Gasteiger partial charge is 0.451 e. The normalized spacial score (nSPS) is 11.3. The first-order chi connectivity index (χ1) is 14.8. The molecule has 4 aromatic rings. The maximum atomic E-state index is 12.4. The summed E-state index contributed by atoms with van der Waals surface area (Å²) >= 11 is 3.39. The van der Waals surface area contributed by atoms with Crippen LogP contribution in [0, 0.1) is 24.0 Å². The van der Waals surface area contributed by atoms with Crippen molar-refractivity contribution >= 4 is 44.7 Å². The van der Waals surface area contributed by atoms with Crippen LogP contribution in [0.1, 0.15) is 27.5 Å². The van der Waals surface area contributed by atoms with Gasteiger partial charge in [-0.15, -0.1) is 0 Å². The van der Waals surface area contributed by atoms with Crippen LogP contribution in [0.4, 0.5) is 5.69 Å². The van der Waals surface area contributed by atoms with E-state index < -0.39 is 10.8 Å². The number of nitrogens with one attached hydrogen (secondary N) is 1. The summed E-state index contributed by atoms with van der Waals surface area (Å²) in [6, 6.07) is 15.4. The molecule has 2 aromatic carbocycles. The molecular formula is C22H17BrN4O4. The smallest absolute Gasteiger partial charge is 0.307 e. The second-order valence-electron chi connectivity index (χ2n) is 6.93. The standard InChI is InChI=1S/C22H17BrN4O4/c1-13-9-16(14(2)26(13)18-4-6-19(7-5-18)27(29)30)12-24-25-22(28)21-11-15-10-17(23)3-8-20(15)31-21/h3-12H,1-2H3,(H,25,28)/b24-12-. The van der Waals surface area contributed by atoms with Crippen LogP contribution in [0.2, 0.25) is 0 Å². The van der Waals surface area contributed by atoms with Gasteiger partial charge in [-0.05, 0) is 56.3 Å². The maximum Gasteiger partial charge on any atom is 0.307 e. The minimum Gasteiger partial charge on any atom is -0.451 e. The Bertz CT molecular complexity index is 1340. The molecule has 156 valence electrons. The summed E-state index contributed by atoms with van der Waals surface area (Å²) in [5.41, 5.74) is 6.56. The monoisotopic (exact) mass is 480 g/mol. The lowest BCUT2D eigenvalue weighted by Crippen LogP contribution is -2.16. The maximum absolute atomic E-state index is 12.4. The molecule has 0 fully saturated rings. The number of aromatic nitrogens is 1. The van der Waals surface area contributed by atoms with Gasteiger partial charge in [0, 0.05) is 44.6 Å². The van der Waals surface area contributed by atoms with Crippen LogP contribution in [0.3, 0.4) is 0 Å². The summed E-state index contributed by atoms with van der Waals surface area (Å²) in [6.45, 7) is 3.84. The number of non-ortho nitro benzene ring substituents is 1. The summed E-state index contributed by atoms with van der Waals surface area (Å²) in [4.78, 5) is 22.8. The first-order valence-corrected chi connectivity index (χ1v) is 10.1. The van der Waals surface area contributed by atoms with Crippen LogP contribution in [0.5, 0.6) is 0 Å². The average Bonchev–Trinajstić information content (AvgIpc) is 3.28. The number of benzene rings is 2. The molecule has 4 rings (SSSR count). The van der Waals surface area contributed by atoms with Crippen molar-refractivity contribution in [2.75, 3.05) is 0 Å². The van der Waals surface area contributed by atoms with Crippen molar-refractivity contribution in [2.45, 2.75) is 13.8 Å². The highest BCUT2D eigenvalue weighted by Crippen LogP contribution is 2.24. The Labute approximate surface area is 185 Å². The van der Waals surface area contributed by atoms with Gasteiger partial charge in [-0.3, -0.25) is 14.9 Å². The molecule has 0 atom stereocenters. The highest BCUT2D eigenvalue weighted by atomic mass is 79.9. The molecule has 9 heteroatoms. The Morgan fingerprint density at radius 1 is 1.16 bits per heavy atom. The summed E-state index contributed by atoms with van der Waals surface area (Å²) < 4.78 is 8.42. The Balaban J connectivity index is 1.52. The molecule has 0 radical (unpaired) electrons. The number of nitro groups is 1. The lowest BCUT2D eigenvalue weighted by molar-refractivity contribution is -0.384. The van der Waals surface area contributed by atoms with E-state index in [-0.39, 0.29) is 11.4 Å². The highest BCUT2D eigenvalue weighted by molar-refractivity contribution is 9.10. The summed E-state index contributed by atoms with van der Waals surface area (Å²) in [5, 5.41) is 15.7. The van der Waals surface area contributed by atoms with E-state index in [9.17, 15) is 14.9 Å². The summed E-state index contributed by atoms with van der Waals surface area (Å²) in [6.07, 6.45) is 1.56. The fraction of sp³-hybridized carbons (Fsp3) is 0.0909. The van der Waals surface area contributed by atoms with E-state index in [1.54, 1.807) is 30.5 Å². The molecule has 0 aliphatic rings. The third kappa shape index (κ3) is 4.13. The van der Waals surface area contributed by atoms with Crippen molar-refractivity contribution in [2.24, 2.45) is 5.10 Å². The van der Waals surface area contributed by atoms with Crippen molar-refractivity contribution in [1.82, 2.24) is 9.99 Å². The first kappa shape index (κ1) is 20.5. The van der Waals surface area contributed by atoms with Crippen LogP contribution >= 0.6 is 15.9 Å². The first-order valence-electron chi connectivity index (χ1n) is 9.30. The molecule has 0 unspecified atom stereocenters. The second-order valence-corrected chi connectivity index (χ2v) is 7.84. The molecular weight excluding hydrogens is 464 g/mol. The third-order valence-corrected chi connectivity index (χ3v) is 5.35. The highest BCUT2D eigenvalue weighted by Gasteiger charge is 2.13. The van der Waals surface area contributed by atoms with Crippen LogP contribution in [0.25, 0.3) is 16.7 Å². The molecule has 2 heterocycles. The number of nitrogens with zero attached hydrogens (tertiary/aromatic N) is 3. The lowest BCUT2D eigenvalue weighted by atomic mass is 10.2. The average molecular weight is 481 g/mol. The molecule has 0 aliphatic carbocycles. The van der Waals surface area contributed by atoms with Crippen LogP contribution in [0.15, 0.2) is 68.6 Å². The molecule has 1 N–H and O–H groups in total. The van der Waals surface area contributed by atoms with E-state index in [1.807, 2.05) is 36.6 Å². The van der Waals surface area contributed by atoms with Gasteiger partial charge in [0.05, 0.1) is 11.1 Å². The summed E-state index contributed by atoms with van der Waals surface area (Å²) in [5.74, 6) is -0.283. The van der Waals surface area contributed by atoms with Gasteiger partial charge >= 0.3 is 5.91 Å². The van der Waals surface area contributed by atoms with E-state index in [1.165, 1.54) is 12.1 Å². The SMILES string of the molecule is Cc1cc(/C=N\NC(=O)c2cc3cc(Br)ccc3o2)c(C)n1-c1ccc([N+](=O)[O-])cc1. The van der Waals surface area contributed by atoms with Gasteiger partial charge in [-0.2, -0.15) is 5.10 Å². The van der Waals surface area contributed by atoms with Crippen LogP contribution in [-0.4, -0.2) is 21.6 Å². The van der Waals surface area contributed by atoms with Gasteiger partial charge in [0.25, 0.3) is 5.69 Å². The molecule has 0 aliphatic heterocycles. The molecule has 2 aromatic heterocycles. The molecule has 0 saturated heterocycles. The second kappa shape index (κ2) is 8.19. The molecule has 8 nitrogen and oxygen atoms in total. The minimum absolute atomic E-state index is 0.0358. The van der Waals surface area contributed by atoms with Gasteiger partial charge in [-0.1, -0.05) is 15.9 Å². The van der Waals surface area contributed by atoms with E-state index in [0.29, 0.717) is 5.58 Å². The molecule has 0 bridgehead atoms. The van der Waals surface area contributed by atoms with Gasteiger partial charge in [0.2, 0.25) is 0 Å². The van der Waals surface area contributed by atoms with Gasteiger partial charge in [-0.25, -0.2) is 5.43 Å². The van der Waals surface area contributed by atoms with E-state index in [4.69, 9.17) is 4.42 Å². The number of furan rings is 1. The quantitative estimate of drug-likeness (QED) is 0.238. The molecule has 0 spiro atoms. The zero-order chi connectivity index (χ0) is 22.1. The fourth-order valence-electron chi connectivity index (χ4n) is 3.38. The number of aryl methyl sites for hydroxylation is 1. The number of amides is 1. The predicted octanol–water partition coefficient (Wildman–Crippen LogP) is 5.27. The van der Waals surface area contributed by atoms with Crippen molar-refractivity contribution in [3.63, 3.8) is 0 Å². The molecule has 1 amide bonds. The molecule has 31 heavy (non-hydrogen) atoms. The van der Waals surface area contributed by atoms with E-state index in [2.05, 4.69) is 26.5 Å². The lowest BCUT2D eigenvalue weighted by Gasteiger charge is -2.09. The van der Waals surface area contributed by atoms with Crippen LogP contribution in [-0.2, 0) is 0 Å². The Morgan fingerprint density at radius 3 is 2.61 bits per heavy atom. The van der Waals surface area contributed by atoms with E-state index >= 15 is 0 Å². The third-order valence-electron chi connectivity index (χ3n) is 4.86. The Morgan fingerprint density at radius 2 is 1.90 bits per heavy atom. The van der Waals surface area contributed by atoms with Gasteiger partial charge in [0.15, 0.2) is 5.76 Å². The van der Waals surface area contributed by atoms with E-state index in [0.717, 1.165) is 32.5 Å². The summed E-state index contributed by atoms with van der Waals surface area (Å²) in [7, 11) is 0. The van der Waals surface area contributed by atoms with Crippen LogP contribution < -0.4 is 5.43 Å². The Hall–Kier alpha value is -3.72. The topological polar surface area (TPSA) is 103 Å². The number of hydrogen-bond acceptors (Lipinski definition) is 5.